The SMILES string of the molecule is CC(C)(C)OC(=O)N1CCOCC1C(O)C1CCCC1. The lowest BCUT2D eigenvalue weighted by Crippen LogP contribution is -2.56. The summed E-state index contributed by atoms with van der Waals surface area (Å²) in [6, 6.07) is -0.276. The Balaban J connectivity index is 2.02. The number of carbonyl (C=O) groups is 1. The van der Waals surface area contributed by atoms with Gasteiger partial charge in [-0.1, -0.05) is 12.8 Å². The number of aliphatic hydroxyl groups is 1. The maximum Gasteiger partial charge on any atom is 0.410 e. The van der Waals surface area contributed by atoms with Crippen LogP contribution in [0.5, 0.6) is 0 Å². The van der Waals surface area contributed by atoms with Gasteiger partial charge in [-0.2, -0.15) is 0 Å². The predicted molar refractivity (Wildman–Crippen MR) is 75.5 cm³/mol. The minimum absolute atomic E-state index is 0.276. The highest BCUT2D eigenvalue weighted by molar-refractivity contribution is 5.68. The largest absolute Gasteiger partial charge is 0.444 e. The number of amides is 1. The van der Waals surface area contributed by atoms with Crippen molar-refractivity contribution in [1.82, 2.24) is 4.90 Å². The summed E-state index contributed by atoms with van der Waals surface area (Å²) in [6.07, 6.45) is 3.57. The number of rotatable bonds is 2. The molecule has 1 amide bonds. The molecule has 2 atom stereocenters. The Morgan fingerprint density at radius 2 is 2.00 bits per heavy atom. The third-order valence-electron chi connectivity index (χ3n) is 4.07. The van der Waals surface area contributed by atoms with E-state index in [9.17, 15) is 9.90 Å². The smallest absolute Gasteiger partial charge is 0.410 e. The molecule has 2 fully saturated rings. The van der Waals surface area contributed by atoms with Crippen LogP contribution in [0.3, 0.4) is 0 Å². The molecule has 0 aromatic carbocycles. The summed E-state index contributed by atoms with van der Waals surface area (Å²) in [5.74, 6) is 0.284. The lowest BCUT2D eigenvalue weighted by Gasteiger charge is -2.40. The molecule has 5 heteroatoms. The Labute approximate surface area is 121 Å². The second-order valence-electron chi connectivity index (χ2n) is 6.85. The van der Waals surface area contributed by atoms with Gasteiger partial charge in [-0.05, 0) is 39.5 Å². The Morgan fingerprint density at radius 1 is 1.35 bits per heavy atom. The minimum Gasteiger partial charge on any atom is -0.444 e. The second-order valence-corrected chi connectivity index (χ2v) is 6.85. The van der Waals surface area contributed by atoms with Crippen molar-refractivity contribution in [3.05, 3.63) is 0 Å². The van der Waals surface area contributed by atoms with Crippen LogP contribution >= 0.6 is 0 Å². The topological polar surface area (TPSA) is 59.0 Å². The van der Waals surface area contributed by atoms with Gasteiger partial charge in [0.15, 0.2) is 0 Å². The number of nitrogens with zero attached hydrogens (tertiary/aromatic N) is 1. The molecule has 1 N–H and O–H groups in total. The first kappa shape index (κ1) is 15.6. The first-order valence-corrected chi connectivity index (χ1v) is 7.64. The molecule has 20 heavy (non-hydrogen) atoms. The van der Waals surface area contributed by atoms with Crippen LogP contribution in [-0.4, -0.2) is 53.6 Å². The molecule has 2 unspecified atom stereocenters. The Kier molecular flexibility index (Phi) is 4.91. The number of aliphatic hydroxyl groups excluding tert-OH is 1. The molecule has 0 radical (unpaired) electrons. The van der Waals surface area contributed by atoms with Crippen LogP contribution in [0.1, 0.15) is 46.5 Å². The standard InChI is InChI=1S/C15H27NO4/c1-15(2,3)20-14(18)16-8-9-19-10-12(16)13(17)11-6-4-5-7-11/h11-13,17H,4-10H2,1-3H3. The summed E-state index contributed by atoms with van der Waals surface area (Å²) in [4.78, 5) is 13.9. The number of ether oxygens (including phenoxy) is 2. The Hall–Kier alpha value is -0.810. The number of morpholine rings is 1. The van der Waals surface area contributed by atoms with Gasteiger partial charge in [0.25, 0.3) is 0 Å². The van der Waals surface area contributed by atoms with Gasteiger partial charge < -0.3 is 14.6 Å². The van der Waals surface area contributed by atoms with Crippen molar-refractivity contribution >= 4 is 6.09 Å². The highest BCUT2D eigenvalue weighted by atomic mass is 16.6. The average Bonchev–Trinajstić information content (AvgIpc) is 2.89. The summed E-state index contributed by atoms with van der Waals surface area (Å²) in [6.45, 7) is 6.96. The van der Waals surface area contributed by atoms with Crippen molar-refractivity contribution < 1.29 is 19.4 Å². The Bertz CT molecular complexity index is 333. The third kappa shape index (κ3) is 3.85. The number of hydrogen-bond acceptors (Lipinski definition) is 4. The zero-order valence-electron chi connectivity index (χ0n) is 12.8. The van der Waals surface area contributed by atoms with Gasteiger partial charge in [-0.15, -0.1) is 0 Å². The van der Waals surface area contributed by atoms with E-state index in [-0.39, 0.29) is 18.1 Å². The molecule has 0 aromatic heterocycles. The van der Waals surface area contributed by atoms with Crippen molar-refractivity contribution in [2.75, 3.05) is 19.8 Å². The molecule has 1 heterocycles. The summed E-state index contributed by atoms with van der Waals surface area (Å²) in [5, 5.41) is 10.6. The summed E-state index contributed by atoms with van der Waals surface area (Å²) in [5.41, 5.74) is -0.516. The lowest BCUT2D eigenvalue weighted by molar-refractivity contribution is -0.0787. The van der Waals surface area contributed by atoms with Crippen LogP contribution in [0, 0.1) is 5.92 Å². The van der Waals surface area contributed by atoms with E-state index < -0.39 is 11.7 Å². The molecule has 1 aliphatic heterocycles. The van der Waals surface area contributed by atoms with Crippen LogP contribution in [0.2, 0.25) is 0 Å². The first-order chi connectivity index (χ1) is 9.38. The molecule has 0 bridgehead atoms. The normalized spacial score (nSPS) is 26.6. The zero-order valence-corrected chi connectivity index (χ0v) is 12.8. The fourth-order valence-electron chi connectivity index (χ4n) is 3.07. The van der Waals surface area contributed by atoms with Crippen molar-refractivity contribution in [3.63, 3.8) is 0 Å². The Morgan fingerprint density at radius 3 is 2.60 bits per heavy atom. The summed E-state index contributed by atoms with van der Waals surface area (Å²) < 4.78 is 10.9. The maximum absolute atomic E-state index is 12.3. The average molecular weight is 285 g/mol. The van der Waals surface area contributed by atoms with E-state index in [4.69, 9.17) is 9.47 Å². The molecule has 2 rings (SSSR count). The number of carbonyl (C=O) groups excluding carboxylic acids is 1. The molecule has 0 aromatic rings. The molecule has 5 nitrogen and oxygen atoms in total. The minimum atomic E-state index is -0.516. The van der Waals surface area contributed by atoms with E-state index in [1.807, 2.05) is 20.8 Å². The third-order valence-corrected chi connectivity index (χ3v) is 4.07. The van der Waals surface area contributed by atoms with Crippen LogP contribution in [0.15, 0.2) is 0 Å². The van der Waals surface area contributed by atoms with Gasteiger partial charge in [-0.25, -0.2) is 4.79 Å². The quantitative estimate of drug-likeness (QED) is 0.845. The molecule has 1 saturated carbocycles. The van der Waals surface area contributed by atoms with E-state index in [2.05, 4.69) is 0 Å². The molecular formula is C15H27NO4. The summed E-state index contributed by atoms with van der Waals surface area (Å²) >= 11 is 0. The van der Waals surface area contributed by atoms with Crippen LogP contribution in [-0.2, 0) is 9.47 Å². The molecular weight excluding hydrogens is 258 g/mol. The van der Waals surface area contributed by atoms with E-state index in [0.29, 0.717) is 19.8 Å². The lowest BCUT2D eigenvalue weighted by atomic mass is 9.93. The van der Waals surface area contributed by atoms with Gasteiger partial charge >= 0.3 is 6.09 Å². The summed E-state index contributed by atoms with van der Waals surface area (Å²) in [7, 11) is 0. The van der Waals surface area contributed by atoms with Crippen molar-refractivity contribution in [3.8, 4) is 0 Å². The van der Waals surface area contributed by atoms with Gasteiger partial charge in [0.2, 0.25) is 0 Å². The van der Waals surface area contributed by atoms with Crippen molar-refractivity contribution in [2.45, 2.75) is 64.2 Å². The van der Waals surface area contributed by atoms with Gasteiger partial charge in [0, 0.05) is 6.54 Å². The number of hydrogen-bond donors (Lipinski definition) is 1. The van der Waals surface area contributed by atoms with E-state index in [0.717, 1.165) is 12.8 Å². The van der Waals surface area contributed by atoms with Crippen LogP contribution in [0.25, 0.3) is 0 Å². The van der Waals surface area contributed by atoms with Crippen LogP contribution < -0.4 is 0 Å². The van der Waals surface area contributed by atoms with Crippen molar-refractivity contribution in [2.24, 2.45) is 5.92 Å². The molecule has 2 aliphatic rings. The first-order valence-electron chi connectivity index (χ1n) is 7.64. The highest BCUT2D eigenvalue weighted by Gasteiger charge is 2.39. The fourth-order valence-corrected chi connectivity index (χ4v) is 3.07. The highest BCUT2D eigenvalue weighted by Crippen LogP contribution is 2.31. The fraction of sp³-hybridized carbons (Fsp3) is 0.933. The van der Waals surface area contributed by atoms with Gasteiger partial charge in [-0.3, -0.25) is 4.90 Å². The van der Waals surface area contributed by atoms with Gasteiger partial charge in [0.05, 0.1) is 25.4 Å². The maximum atomic E-state index is 12.3. The van der Waals surface area contributed by atoms with E-state index >= 15 is 0 Å². The van der Waals surface area contributed by atoms with E-state index in [1.54, 1.807) is 4.90 Å². The predicted octanol–water partition coefficient (Wildman–Crippen LogP) is 2.17. The monoisotopic (exact) mass is 285 g/mol. The second kappa shape index (κ2) is 6.31. The molecule has 116 valence electrons. The molecule has 1 aliphatic carbocycles. The van der Waals surface area contributed by atoms with Gasteiger partial charge in [0.1, 0.15) is 5.60 Å². The molecule has 1 saturated heterocycles. The van der Waals surface area contributed by atoms with E-state index in [1.165, 1.54) is 12.8 Å². The zero-order chi connectivity index (χ0) is 14.8. The van der Waals surface area contributed by atoms with Crippen LogP contribution in [0.4, 0.5) is 4.79 Å². The molecule has 0 spiro atoms. The van der Waals surface area contributed by atoms with Crippen molar-refractivity contribution in [1.29, 1.82) is 0 Å².